The minimum Gasteiger partial charge on any atom is -0.494 e. The molecule has 3 aromatic rings. The second-order valence-corrected chi connectivity index (χ2v) is 11.8. The SMILES string of the molecule is C=C(OCC)c1cc(COc2ccc(C(C)(C)c3ccc(OCCCCCCCCOCCCCOC(N)=O)cc3)cc2)ccn1. The summed E-state index contributed by atoms with van der Waals surface area (Å²) in [6.07, 6.45) is 9.58. The van der Waals surface area contributed by atoms with Gasteiger partial charge in [-0.2, -0.15) is 0 Å². The predicted molar refractivity (Wildman–Crippen MR) is 183 cm³/mol. The van der Waals surface area contributed by atoms with Gasteiger partial charge in [0.2, 0.25) is 0 Å². The molecule has 250 valence electrons. The Hall–Kier alpha value is -4.04. The number of carbonyl (C=O) groups excluding carboxylic acids is 1. The Bertz CT molecular complexity index is 1310. The van der Waals surface area contributed by atoms with Gasteiger partial charge in [-0.25, -0.2) is 4.79 Å². The molecule has 0 saturated carbocycles. The first-order valence-corrected chi connectivity index (χ1v) is 16.5. The number of aromatic nitrogens is 1. The highest BCUT2D eigenvalue weighted by atomic mass is 16.5. The average molecular weight is 633 g/mol. The minimum absolute atomic E-state index is 0.164. The number of carbonyl (C=O) groups is 1. The highest BCUT2D eigenvalue weighted by Crippen LogP contribution is 2.33. The van der Waals surface area contributed by atoms with E-state index < -0.39 is 6.09 Å². The van der Waals surface area contributed by atoms with E-state index in [1.54, 1.807) is 6.20 Å². The van der Waals surface area contributed by atoms with Crippen molar-refractivity contribution in [1.29, 1.82) is 0 Å². The van der Waals surface area contributed by atoms with Crippen LogP contribution < -0.4 is 15.2 Å². The molecule has 0 spiro atoms. The van der Waals surface area contributed by atoms with Gasteiger partial charge in [0.05, 0.1) is 19.8 Å². The van der Waals surface area contributed by atoms with Crippen molar-refractivity contribution in [3.63, 3.8) is 0 Å². The number of pyridine rings is 1. The Balaban J connectivity index is 1.30. The van der Waals surface area contributed by atoms with Crippen molar-refractivity contribution in [2.24, 2.45) is 5.73 Å². The first-order valence-electron chi connectivity index (χ1n) is 16.5. The van der Waals surface area contributed by atoms with Crippen molar-refractivity contribution >= 4 is 11.9 Å². The maximum Gasteiger partial charge on any atom is 0.404 e. The van der Waals surface area contributed by atoms with Gasteiger partial charge in [0.15, 0.2) is 0 Å². The van der Waals surface area contributed by atoms with Crippen LogP contribution in [-0.2, 0) is 26.2 Å². The minimum atomic E-state index is -0.716. The zero-order valence-electron chi connectivity index (χ0n) is 27.9. The van der Waals surface area contributed by atoms with Crippen LogP contribution in [0.5, 0.6) is 11.5 Å². The molecular weight excluding hydrogens is 580 g/mol. The van der Waals surface area contributed by atoms with Crippen molar-refractivity contribution in [3.05, 3.63) is 95.8 Å². The zero-order chi connectivity index (χ0) is 33.0. The molecule has 3 rings (SSSR count). The van der Waals surface area contributed by atoms with Crippen LogP contribution in [0.1, 0.15) is 94.5 Å². The van der Waals surface area contributed by atoms with Crippen LogP contribution in [0, 0.1) is 0 Å². The molecule has 0 atom stereocenters. The highest BCUT2D eigenvalue weighted by Gasteiger charge is 2.23. The summed E-state index contributed by atoms with van der Waals surface area (Å²) in [6.45, 7) is 13.9. The quantitative estimate of drug-likeness (QED) is 0.0825. The fourth-order valence-electron chi connectivity index (χ4n) is 5.02. The van der Waals surface area contributed by atoms with Crippen molar-refractivity contribution in [2.45, 2.75) is 84.2 Å². The Morgan fingerprint density at radius 2 is 1.28 bits per heavy atom. The molecule has 8 nitrogen and oxygen atoms in total. The van der Waals surface area contributed by atoms with Crippen LogP contribution in [0.3, 0.4) is 0 Å². The molecule has 0 unspecified atom stereocenters. The van der Waals surface area contributed by atoms with E-state index in [1.165, 1.54) is 36.8 Å². The Labute approximate surface area is 275 Å². The Morgan fingerprint density at radius 3 is 1.89 bits per heavy atom. The first kappa shape index (κ1) is 36.4. The molecule has 8 heteroatoms. The summed E-state index contributed by atoms with van der Waals surface area (Å²) in [5.41, 5.74) is 8.94. The molecule has 1 aromatic heterocycles. The van der Waals surface area contributed by atoms with Crippen molar-refractivity contribution in [3.8, 4) is 11.5 Å². The summed E-state index contributed by atoms with van der Waals surface area (Å²) in [5, 5.41) is 0. The average Bonchev–Trinajstić information content (AvgIpc) is 3.06. The largest absolute Gasteiger partial charge is 0.494 e. The molecule has 46 heavy (non-hydrogen) atoms. The van der Waals surface area contributed by atoms with Gasteiger partial charge in [0.1, 0.15) is 29.6 Å². The molecule has 1 amide bonds. The molecule has 0 radical (unpaired) electrons. The van der Waals surface area contributed by atoms with Crippen molar-refractivity contribution in [1.82, 2.24) is 4.98 Å². The number of benzene rings is 2. The third-order valence-corrected chi connectivity index (χ3v) is 7.87. The fraction of sp³-hybridized carbons (Fsp3) is 0.474. The summed E-state index contributed by atoms with van der Waals surface area (Å²) >= 11 is 0. The fourth-order valence-corrected chi connectivity index (χ4v) is 5.02. The molecule has 0 fully saturated rings. The van der Waals surface area contributed by atoms with E-state index in [0.717, 1.165) is 61.7 Å². The van der Waals surface area contributed by atoms with Crippen LogP contribution in [0.25, 0.3) is 5.76 Å². The highest BCUT2D eigenvalue weighted by molar-refractivity contribution is 5.64. The van der Waals surface area contributed by atoms with E-state index in [4.69, 9.17) is 29.4 Å². The lowest BCUT2D eigenvalue weighted by Gasteiger charge is -2.26. The van der Waals surface area contributed by atoms with Gasteiger partial charge in [0, 0.05) is 24.8 Å². The van der Waals surface area contributed by atoms with E-state index in [-0.39, 0.29) is 5.41 Å². The zero-order valence-corrected chi connectivity index (χ0v) is 27.9. The van der Waals surface area contributed by atoms with Gasteiger partial charge in [-0.05, 0) is 85.7 Å². The van der Waals surface area contributed by atoms with E-state index in [0.29, 0.717) is 32.2 Å². The summed E-state index contributed by atoms with van der Waals surface area (Å²) in [7, 11) is 0. The van der Waals surface area contributed by atoms with Crippen LogP contribution in [-0.4, -0.2) is 44.1 Å². The smallest absolute Gasteiger partial charge is 0.404 e. The van der Waals surface area contributed by atoms with Crippen LogP contribution in [0.2, 0.25) is 0 Å². The number of primary amides is 1. The van der Waals surface area contributed by atoms with E-state index in [9.17, 15) is 4.79 Å². The molecule has 0 saturated heterocycles. The number of hydrogen-bond acceptors (Lipinski definition) is 7. The number of ether oxygens (including phenoxy) is 5. The summed E-state index contributed by atoms with van der Waals surface area (Å²) in [6, 6.07) is 20.7. The lowest BCUT2D eigenvalue weighted by atomic mass is 9.78. The molecular formula is C38H52N2O6. The Morgan fingerprint density at radius 1 is 0.739 bits per heavy atom. The standard InChI is InChI=1S/C38H52N2O6/c1-5-43-30(2)36-28-31(22-23-40-36)29-46-35-20-16-33(17-21-35)38(3,4)32-14-18-34(19-15-32)44-26-11-9-7-6-8-10-24-42-25-12-13-27-45-37(39)41/h14-23,28H,2,5-13,24-27,29H2,1,3-4H3,(H2,39,41). The molecule has 2 N–H and O–H groups in total. The molecule has 2 aromatic carbocycles. The van der Waals surface area contributed by atoms with Crippen molar-refractivity contribution in [2.75, 3.05) is 33.0 Å². The van der Waals surface area contributed by atoms with Gasteiger partial charge >= 0.3 is 6.09 Å². The summed E-state index contributed by atoms with van der Waals surface area (Å²) < 4.78 is 27.9. The van der Waals surface area contributed by atoms with Gasteiger partial charge < -0.3 is 29.4 Å². The van der Waals surface area contributed by atoms with E-state index in [2.05, 4.69) is 61.8 Å². The van der Waals surface area contributed by atoms with E-state index >= 15 is 0 Å². The number of nitrogens with zero attached hydrogens (tertiary/aromatic N) is 1. The lowest BCUT2D eigenvalue weighted by Crippen LogP contribution is -2.18. The maximum atomic E-state index is 10.5. The van der Waals surface area contributed by atoms with Crippen molar-refractivity contribution < 1.29 is 28.5 Å². The van der Waals surface area contributed by atoms with Gasteiger partial charge in [-0.3, -0.25) is 4.98 Å². The molecule has 0 bridgehead atoms. The number of hydrogen-bond donors (Lipinski definition) is 1. The lowest BCUT2D eigenvalue weighted by molar-refractivity contribution is 0.115. The molecule has 1 heterocycles. The third kappa shape index (κ3) is 13.1. The topological polar surface area (TPSA) is 102 Å². The number of unbranched alkanes of at least 4 members (excludes halogenated alkanes) is 6. The van der Waals surface area contributed by atoms with Crippen LogP contribution in [0.4, 0.5) is 4.79 Å². The molecule has 0 aliphatic heterocycles. The molecule has 0 aliphatic rings. The van der Waals surface area contributed by atoms with Gasteiger partial charge in [-0.15, -0.1) is 0 Å². The second kappa shape index (κ2) is 20.2. The second-order valence-electron chi connectivity index (χ2n) is 11.8. The predicted octanol–water partition coefficient (Wildman–Crippen LogP) is 8.61. The third-order valence-electron chi connectivity index (χ3n) is 7.87. The number of nitrogens with two attached hydrogens (primary N) is 1. The summed E-state index contributed by atoms with van der Waals surface area (Å²) in [4.78, 5) is 14.8. The molecule has 0 aliphatic carbocycles. The summed E-state index contributed by atoms with van der Waals surface area (Å²) in [5.74, 6) is 2.29. The monoisotopic (exact) mass is 632 g/mol. The normalized spacial score (nSPS) is 11.2. The van der Waals surface area contributed by atoms with Gasteiger partial charge in [-0.1, -0.05) is 70.4 Å². The van der Waals surface area contributed by atoms with E-state index in [1.807, 2.05) is 31.2 Å². The van der Waals surface area contributed by atoms with Crippen LogP contribution in [0.15, 0.2) is 73.4 Å². The maximum absolute atomic E-state index is 10.5. The number of rotatable bonds is 23. The first-order chi connectivity index (χ1) is 22.3. The number of amides is 1. The van der Waals surface area contributed by atoms with Crippen LogP contribution >= 0.6 is 0 Å². The Kier molecular flexibility index (Phi) is 16.0. The van der Waals surface area contributed by atoms with Gasteiger partial charge in [0.25, 0.3) is 0 Å².